The summed E-state index contributed by atoms with van der Waals surface area (Å²) in [6.07, 6.45) is -1.18. The Morgan fingerprint density at radius 3 is 1.97 bits per heavy atom. The highest BCUT2D eigenvalue weighted by Crippen LogP contribution is 2.24. The van der Waals surface area contributed by atoms with Crippen LogP contribution in [0.4, 0.5) is 0 Å². The molecule has 2 atom stereocenters. The van der Waals surface area contributed by atoms with Crippen LogP contribution in [-0.2, 0) is 30.9 Å². The quantitative estimate of drug-likeness (QED) is 0.531. The van der Waals surface area contributed by atoms with Crippen LogP contribution < -0.4 is 4.72 Å². The lowest BCUT2D eigenvalue weighted by molar-refractivity contribution is -0.157. The Kier molecular flexibility index (Phi) is 7.35. The zero-order chi connectivity index (χ0) is 21.4. The van der Waals surface area contributed by atoms with Gasteiger partial charge in [-0.1, -0.05) is 78.9 Å². The van der Waals surface area contributed by atoms with Crippen LogP contribution >= 0.6 is 0 Å². The molecule has 0 aliphatic carbocycles. The Hall–Kier alpha value is -3.00. The molecule has 0 aliphatic rings. The van der Waals surface area contributed by atoms with Crippen LogP contribution in [0.5, 0.6) is 0 Å². The molecule has 156 valence electrons. The van der Waals surface area contributed by atoms with E-state index in [4.69, 9.17) is 9.47 Å². The van der Waals surface area contributed by atoms with Crippen molar-refractivity contribution in [2.75, 3.05) is 7.11 Å². The van der Waals surface area contributed by atoms with Crippen LogP contribution in [0.3, 0.4) is 0 Å². The van der Waals surface area contributed by atoms with E-state index in [1.807, 2.05) is 36.4 Å². The van der Waals surface area contributed by atoms with Gasteiger partial charge in [-0.25, -0.2) is 17.9 Å². The highest BCUT2D eigenvalue weighted by atomic mass is 32.2. The summed E-state index contributed by atoms with van der Waals surface area (Å²) < 4.78 is 39.4. The van der Waals surface area contributed by atoms with Gasteiger partial charge in [0, 0.05) is 0 Å². The van der Waals surface area contributed by atoms with Crippen molar-refractivity contribution in [3.05, 3.63) is 102 Å². The molecule has 3 aromatic carbocycles. The summed E-state index contributed by atoms with van der Waals surface area (Å²) >= 11 is 0. The van der Waals surface area contributed by atoms with E-state index < -0.39 is 28.1 Å². The van der Waals surface area contributed by atoms with E-state index in [2.05, 4.69) is 4.72 Å². The predicted octanol–water partition coefficient (Wildman–Crippen LogP) is 3.46. The summed E-state index contributed by atoms with van der Waals surface area (Å²) in [6.45, 7) is 0.122. The summed E-state index contributed by atoms with van der Waals surface area (Å²) in [5.74, 6) is -0.671. The highest BCUT2D eigenvalue weighted by molar-refractivity contribution is 7.89. The number of sulfonamides is 1. The Bertz CT molecular complexity index is 1040. The van der Waals surface area contributed by atoms with E-state index >= 15 is 0 Å². The van der Waals surface area contributed by atoms with Crippen molar-refractivity contribution in [1.29, 1.82) is 0 Å². The van der Waals surface area contributed by atoms with Gasteiger partial charge >= 0.3 is 5.97 Å². The van der Waals surface area contributed by atoms with Crippen LogP contribution in [0.1, 0.15) is 17.2 Å². The van der Waals surface area contributed by atoms with Crippen molar-refractivity contribution >= 4 is 16.0 Å². The first-order chi connectivity index (χ1) is 14.5. The fourth-order valence-corrected chi connectivity index (χ4v) is 4.22. The van der Waals surface area contributed by atoms with Gasteiger partial charge in [-0.05, 0) is 23.3 Å². The highest BCUT2D eigenvalue weighted by Gasteiger charge is 2.35. The maximum atomic E-state index is 13.0. The molecule has 0 heterocycles. The molecule has 3 aromatic rings. The number of benzene rings is 3. The summed E-state index contributed by atoms with van der Waals surface area (Å²) in [5.41, 5.74) is 1.43. The average molecular weight is 426 g/mol. The first-order valence-corrected chi connectivity index (χ1v) is 10.9. The fraction of sp³-hybridized carbons (Fsp3) is 0.174. The van der Waals surface area contributed by atoms with E-state index in [0.717, 1.165) is 5.56 Å². The largest absolute Gasteiger partial charge is 0.467 e. The van der Waals surface area contributed by atoms with Gasteiger partial charge in [0.1, 0.15) is 0 Å². The number of esters is 1. The van der Waals surface area contributed by atoms with Gasteiger partial charge in [0.25, 0.3) is 0 Å². The monoisotopic (exact) mass is 425 g/mol. The molecule has 7 heteroatoms. The number of ether oxygens (including phenoxy) is 2. The van der Waals surface area contributed by atoms with Gasteiger partial charge in [-0.2, -0.15) is 0 Å². The van der Waals surface area contributed by atoms with Gasteiger partial charge in [0.2, 0.25) is 10.0 Å². The summed E-state index contributed by atoms with van der Waals surface area (Å²) in [5, 5.41) is 0. The number of hydrogen-bond acceptors (Lipinski definition) is 5. The maximum absolute atomic E-state index is 13.0. The third-order valence-corrected chi connectivity index (χ3v) is 5.96. The molecule has 0 unspecified atom stereocenters. The summed E-state index contributed by atoms with van der Waals surface area (Å²) in [6, 6.07) is 25.1. The van der Waals surface area contributed by atoms with Crippen molar-refractivity contribution < 1.29 is 22.7 Å². The SMILES string of the molecule is COC(=O)[C@H](OCc1ccccc1)[C@@H](NS(=O)(=O)c1ccccc1)c1ccccc1. The van der Waals surface area contributed by atoms with E-state index in [1.165, 1.54) is 19.2 Å². The lowest BCUT2D eigenvalue weighted by atomic mass is 10.0. The molecular formula is C23H23NO5S. The lowest BCUT2D eigenvalue weighted by Crippen LogP contribution is -2.42. The van der Waals surface area contributed by atoms with Gasteiger partial charge in [0.15, 0.2) is 6.10 Å². The van der Waals surface area contributed by atoms with E-state index in [9.17, 15) is 13.2 Å². The first-order valence-electron chi connectivity index (χ1n) is 9.37. The molecule has 6 nitrogen and oxygen atoms in total. The van der Waals surface area contributed by atoms with Crippen LogP contribution in [-0.4, -0.2) is 27.6 Å². The summed E-state index contributed by atoms with van der Waals surface area (Å²) in [7, 11) is -2.67. The third kappa shape index (κ3) is 5.54. The molecular weight excluding hydrogens is 402 g/mol. The van der Waals surface area contributed by atoms with Gasteiger partial charge in [-0.3, -0.25) is 0 Å². The topological polar surface area (TPSA) is 81.7 Å². The molecule has 0 saturated carbocycles. The van der Waals surface area contributed by atoms with E-state index in [-0.39, 0.29) is 11.5 Å². The Morgan fingerprint density at radius 1 is 0.867 bits per heavy atom. The second-order valence-corrected chi connectivity index (χ2v) is 8.28. The number of nitrogens with one attached hydrogen (secondary N) is 1. The van der Waals surface area contributed by atoms with Gasteiger partial charge in [0.05, 0.1) is 24.7 Å². The molecule has 3 rings (SSSR count). The number of methoxy groups -OCH3 is 1. The zero-order valence-electron chi connectivity index (χ0n) is 16.5. The number of hydrogen-bond donors (Lipinski definition) is 1. The molecule has 0 spiro atoms. The molecule has 0 bridgehead atoms. The molecule has 30 heavy (non-hydrogen) atoms. The van der Waals surface area contributed by atoms with Crippen LogP contribution in [0, 0.1) is 0 Å². The Labute approximate surface area is 176 Å². The van der Waals surface area contributed by atoms with E-state index in [1.54, 1.807) is 42.5 Å². The van der Waals surface area contributed by atoms with Crippen molar-refractivity contribution in [2.24, 2.45) is 0 Å². The Balaban J connectivity index is 1.94. The van der Waals surface area contributed by atoms with Crippen molar-refractivity contribution in [3.8, 4) is 0 Å². The smallest absolute Gasteiger partial charge is 0.337 e. The third-order valence-electron chi connectivity index (χ3n) is 4.50. The molecule has 1 N–H and O–H groups in total. The minimum absolute atomic E-state index is 0.0950. The first kappa shape index (κ1) is 21.7. The van der Waals surface area contributed by atoms with Crippen LogP contribution in [0.15, 0.2) is 95.9 Å². The molecule has 0 aromatic heterocycles. The number of rotatable bonds is 9. The number of carbonyl (C=O) groups is 1. The normalized spacial score (nSPS) is 13.4. The minimum Gasteiger partial charge on any atom is -0.467 e. The van der Waals surface area contributed by atoms with E-state index in [0.29, 0.717) is 5.56 Å². The molecule has 0 aliphatic heterocycles. The summed E-state index contributed by atoms with van der Waals surface area (Å²) in [4.78, 5) is 12.7. The van der Waals surface area contributed by atoms with Crippen molar-refractivity contribution in [2.45, 2.75) is 23.6 Å². The van der Waals surface area contributed by atoms with Gasteiger partial charge in [-0.15, -0.1) is 0 Å². The minimum atomic E-state index is -3.92. The van der Waals surface area contributed by atoms with Gasteiger partial charge < -0.3 is 9.47 Å². The van der Waals surface area contributed by atoms with Crippen LogP contribution in [0.25, 0.3) is 0 Å². The average Bonchev–Trinajstić information content (AvgIpc) is 2.80. The fourth-order valence-electron chi connectivity index (χ4n) is 2.98. The zero-order valence-corrected chi connectivity index (χ0v) is 17.3. The molecule has 0 saturated heterocycles. The predicted molar refractivity (Wildman–Crippen MR) is 113 cm³/mol. The molecule has 0 fully saturated rings. The van der Waals surface area contributed by atoms with Crippen molar-refractivity contribution in [3.63, 3.8) is 0 Å². The lowest BCUT2D eigenvalue weighted by Gasteiger charge is -2.26. The maximum Gasteiger partial charge on any atom is 0.337 e. The molecule has 0 amide bonds. The second kappa shape index (κ2) is 10.2. The van der Waals surface area contributed by atoms with Crippen LogP contribution in [0.2, 0.25) is 0 Å². The standard InChI is InChI=1S/C23H23NO5S/c1-28-23(25)22(29-17-18-11-5-2-6-12-18)21(19-13-7-3-8-14-19)24-30(26,27)20-15-9-4-10-16-20/h2-16,21-22,24H,17H2,1H3/t21-,22+/m0/s1. The molecule has 0 radical (unpaired) electrons. The number of carbonyl (C=O) groups excluding carboxylic acids is 1. The van der Waals surface area contributed by atoms with Crippen molar-refractivity contribution in [1.82, 2.24) is 4.72 Å². The Morgan fingerprint density at radius 2 is 1.40 bits per heavy atom. The second-order valence-electron chi connectivity index (χ2n) is 6.56.